The number of nitrogens with zero attached hydrogens (tertiary/aromatic N) is 2. The average molecular weight is 248 g/mol. The highest BCUT2D eigenvalue weighted by atomic mass is 15.0. The molecule has 0 fully saturated rings. The van der Waals surface area contributed by atoms with Crippen LogP contribution in [0.15, 0.2) is 42.6 Å². The van der Waals surface area contributed by atoms with Crippen LogP contribution >= 0.6 is 0 Å². The van der Waals surface area contributed by atoms with Crippen molar-refractivity contribution < 1.29 is 0 Å². The molecular weight excluding hydrogens is 232 g/mol. The van der Waals surface area contributed by atoms with Gasteiger partial charge >= 0.3 is 0 Å². The summed E-state index contributed by atoms with van der Waals surface area (Å²) in [5, 5.41) is 0. The van der Waals surface area contributed by atoms with Crippen LogP contribution in [0.5, 0.6) is 0 Å². The maximum Gasteiger partial charge on any atom is 0.137 e. The average Bonchev–Trinajstić information content (AvgIpc) is 2.78. The molecule has 1 atom stereocenters. The molecule has 0 radical (unpaired) electrons. The molecule has 94 valence electrons. The van der Waals surface area contributed by atoms with Crippen LogP contribution in [0.3, 0.4) is 0 Å². The fourth-order valence-electron chi connectivity index (χ4n) is 3.15. The number of hydrogen-bond acceptors (Lipinski definition) is 1. The number of hydrogen-bond donors (Lipinski definition) is 0. The first-order valence-corrected chi connectivity index (χ1v) is 6.81. The highest BCUT2D eigenvalue weighted by Crippen LogP contribution is 2.39. The number of pyridine rings is 1. The molecule has 0 spiro atoms. The van der Waals surface area contributed by atoms with Gasteiger partial charge in [-0.05, 0) is 36.5 Å². The first-order chi connectivity index (χ1) is 9.24. The second kappa shape index (κ2) is 3.70. The lowest BCUT2D eigenvalue weighted by Gasteiger charge is -2.22. The quantitative estimate of drug-likeness (QED) is 0.588. The van der Waals surface area contributed by atoms with Crippen LogP contribution in [0, 0.1) is 6.92 Å². The van der Waals surface area contributed by atoms with Crippen LogP contribution in [0.2, 0.25) is 0 Å². The fourth-order valence-corrected chi connectivity index (χ4v) is 3.15. The SMILES string of the molecule is Cc1ccc2nc3c(n2c1)CC(C)c1ccccc1-3. The van der Waals surface area contributed by atoms with Crippen molar-refractivity contribution in [3.8, 4) is 11.3 Å². The lowest BCUT2D eigenvalue weighted by atomic mass is 9.84. The third-order valence-electron chi connectivity index (χ3n) is 4.11. The van der Waals surface area contributed by atoms with Crippen molar-refractivity contribution in [2.75, 3.05) is 0 Å². The van der Waals surface area contributed by atoms with Gasteiger partial charge in [-0.1, -0.05) is 37.3 Å². The Labute approximate surface area is 112 Å². The van der Waals surface area contributed by atoms with Crippen molar-refractivity contribution in [2.45, 2.75) is 26.2 Å². The molecule has 1 unspecified atom stereocenters. The van der Waals surface area contributed by atoms with E-state index >= 15 is 0 Å². The smallest absolute Gasteiger partial charge is 0.137 e. The van der Waals surface area contributed by atoms with Crippen molar-refractivity contribution in [3.63, 3.8) is 0 Å². The van der Waals surface area contributed by atoms with E-state index < -0.39 is 0 Å². The summed E-state index contributed by atoms with van der Waals surface area (Å²) in [4.78, 5) is 4.83. The molecule has 2 aromatic heterocycles. The lowest BCUT2D eigenvalue weighted by molar-refractivity contribution is 0.724. The zero-order valence-corrected chi connectivity index (χ0v) is 11.2. The van der Waals surface area contributed by atoms with Gasteiger partial charge in [0, 0.05) is 11.8 Å². The van der Waals surface area contributed by atoms with Gasteiger partial charge in [0.1, 0.15) is 5.65 Å². The van der Waals surface area contributed by atoms with Gasteiger partial charge < -0.3 is 4.40 Å². The second-order valence-electron chi connectivity index (χ2n) is 5.53. The first kappa shape index (κ1) is 10.8. The highest BCUT2D eigenvalue weighted by molar-refractivity contribution is 5.72. The molecule has 0 amide bonds. The lowest BCUT2D eigenvalue weighted by Crippen LogP contribution is -2.09. The molecule has 0 saturated carbocycles. The summed E-state index contributed by atoms with van der Waals surface area (Å²) in [6.07, 6.45) is 3.26. The minimum atomic E-state index is 0.559. The van der Waals surface area contributed by atoms with E-state index in [0.29, 0.717) is 5.92 Å². The summed E-state index contributed by atoms with van der Waals surface area (Å²) in [6.45, 7) is 4.43. The summed E-state index contributed by atoms with van der Waals surface area (Å²) < 4.78 is 2.26. The normalized spacial score (nSPS) is 17.3. The van der Waals surface area contributed by atoms with E-state index in [1.54, 1.807) is 0 Å². The monoisotopic (exact) mass is 248 g/mol. The van der Waals surface area contributed by atoms with E-state index in [1.807, 2.05) is 0 Å². The third kappa shape index (κ3) is 1.46. The highest BCUT2D eigenvalue weighted by Gasteiger charge is 2.25. The maximum atomic E-state index is 4.83. The summed E-state index contributed by atoms with van der Waals surface area (Å²) in [5.74, 6) is 0.559. The molecule has 0 N–H and O–H groups in total. The standard InChI is InChI=1S/C17H16N2/c1-11-7-8-16-18-17-14-6-4-3-5-13(14)12(2)9-15(17)19(16)10-11/h3-8,10,12H,9H2,1-2H3. The summed E-state index contributed by atoms with van der Waals surface area (Å²) in [7, 11) is 0. The number of aromatic nitrogens is 2. The molecule has 3 aromatic rings. The number of fused-ring (bicyclic) bond motifs is 5. The number of benzene rings is 1. The molecule has 1 aliphatic carbocycles. The van der Waals surface area contributed by atoms with Crippen LogP contribution in [-0.2, 0) is 6.42 Å². The van der Waals surface area contributed by atoms with E-state index in [1.165, 1.54) is 28.1 Å². The Kier molecular flexibility index (Phi) is 2.10. The van der Waals surface area contributed by atoms with Gasteiger partial charge in [-0.3, -0.25) is 0 Å². The van der Waals surface area contributed by atoms with E-state index in [4.69, 9.17) is 4.98 Å². The summed E-state index contributed by atoms with van der Waals surface area (Å²) in [6, 6.07) is 12.9. The van der Waals surface area contributed by atoms with Crippen LogP contribution in [0.25, 0.3) is 16.9 Å². The molecule has 1 aliphatic rings. The largest absolute Gasteiger partial charge is 0.303 e. The molecule has 2 nitrogen and oxygen atoms in total. The fraction of sp³-hybridized carbons (Fsp3) is 0.235. The van der Waals surface area contributed by atoms with Crippen LogP contribution in [0.4, 0.5) is 0 Å². The zero-order chi connectivity index (χ0) is 13.0. The molecular formula is C17H16N2. The maximum absolute atomic E-state index is 4.83. The van der Waals surface area contributed by atoms with Crippen molar-refractivity contribution in [3.05, 3.63) is 59.4 Å². The van der Waals surface area contributed by atoms with Crippen LogP contribution < -0.4 is 0 Å². The second-order valence-corrected chi connectivity index (χ2v) is 5.53. The molecule has 19 heavy (non-hydrogen) atoms. The van der Waals surface area contributed by atoms with Crippen LogP contribution in [0.1, 0.15) is 29.7 Å². The number of aryl methyl sites for hydroxylation is 1. The molecule has 0 bridgehead atoms. The topological polar surface area (TPSA) is 17.3 Å². The van der Waals surface area contributed by atoms with Crippen molar-refractivity contribution in [1.29, 1.82) is 0 Å². The molecule has 0 saturated heterocycles. The van der Waals surface area contributed by atoms with E-state index in [-0.39, 0.29) is 0 Å². The number of rotatable bonds is 0. The minimum Gasteiger partial charge on any atom is -0.303 e. The zero-order valence-electron chi connectivity index (χ0n) is 11.2. The van der Waals surface area contributed by atoms with Crippen molar-refractivity contribution in [1.82, 2.24) is 9.38 Å². The molecule has 2 heteroatoms. The Morgan fingerprint density at radius 1 is 1.16 bits per heavy atom. The predicted octanol–water partition coefficient (Wildman–Crippen LogP) is 3.97. The van der Waals surface area contributed by atoms with Gasteiger partial charge in [0.05, 0.1) is 11.4 Å². The van der Waals surface area contributed by atoms with Gasteiger partial charge in [0.25, 0.3) is 0 Å². The molecule has 4 rings (SSSR count). The van der Waals surface area contributed by atoms with Crippen molar-refractivity contribution >= 4 is 5.65 Å². The Morgan fingerprint density at radius 3 is 2.89 bits per heavy atom. The Morgan fingerprint density at radius 2 is 2.00 bits per heavy atom. The van der Waals surface area contributed by atoms with E-state index in [0.717, 1.165) is 12.1 Å². The Bertz CT molecular complexity index is 783. The van der Waals surface area contributed by atoms with Crippen LogP contribution in [-0.4, -0.2) is 9.38 Å². The Balaban J connectivity index is 2.09. The minimum absolute atomic E-state index is 0.559. The first-order valence-electron chi connectivity index (χ1n) is 6.81. The van der Waals surface area contributed by atoms with Crippen molar-refractivity contribution in [2.24, 2.45) is 0 Å². The van der Waals surface area contributed by atoms with Gasteiger partial charge in [0.2, 0.25) is 0 Å². The Hall–Kier alpha value is -2.09. The third-order valence-corrected chi connectivity index (χ3v) is 4.11. The van der Waals surface area contributed by atoms with Gasteiger partial charge in [-0.15, -0.1) is 0 Å². The summed E-state index contributed by atoms with van der Waals surface area (Å²) >= 11 is 0. The van der Waals surface area contributed by atoms with Gasteiger partial charge in [-0.25, -0.2) is 4.98 Å². The van der Waals surface area contributed by atoms with Gasteiger partial charge in [0.15, 0.2) is 0 Å². The predicted molar refractivity (Wildman–Crippen MR) is 77.5 cm³/mol. The molecule has 2 heterocycles. The molecule has 0 aliphatic heterocycles. The number of imidazole rings is 1. The summed E-state index contributed by atoms with van der Waals surface area (Å²) in [5.41, 5.74) is 7.58. The van der Waals surface area contributed by atoms with E-state index in [9.17, 15) is 0 Å². The van der Waals surface area contributed by atoms with Gasteiger partial charge in [-0.2, -0.15) is 0 Å². The molecule has 1 aromatic carbocycles. The van der Waals surface area contributed by atoms with E-state index in [2.05, 4.69) is 60.8 Å².